The molecular formula is C26H31N5O. The summed E-state index contributed by atoms with van der Waals surface area (Å²) >= 11 is 0. The van der Waals surface area contributed by atoms with Gasteiger partial charge in [-0.1, -0.05) is 25.0 Å². The number of ketones is 1. The highest BCUT2D eigenvalue weighted by molar-refractivity contribution is 5.88. The molecule has 2 aliphatic rings. The van der Waals surface area contributed by atoms with Crippen LogP contribution in [0.2, 0.25) is 0 Å². The molecule has 0 radical (unpaired) electrons. The minimum atomic E-state index is 0.230. The summed E-state index contributed by atoms with van der Waals surface area (Å²) in [5.41, 5.74) is 2.73. The summed E-state index contributed by atoms with van der Waals surface area (Å²) in [4.78, 5) is 28.8. The van der Waals surface area contributed by atoms with E-state index >= 15 is 0 Å². The van der Waals surface area contributed by atoms with Gasteiger partial charge in [-0.2, -0.15) is 0 Å². The van der Waals surface area contributed by atoms with Crippen molar-refractivity contribution in [2.24, 2.45) is 5.92 Å². The molecule has 3 aromatic rings. The van der Waals surface area contributed by atoms with Crippen LogP contribution in [0, 0.1) is 5.92 Å². The van der Waals surface area contributed by atoms with E-state index in [1.165, 1.54) is 12.8 Å². The van der Waals surface area contributed by atoms with Crippen LogP contribution in [0.3, 0.4) is 0 Å². The first-order valence-corrected chi connectivity index (χ1v) is 11.8. The molecule has 0 spiro atoms. The van der Waals surface area contributed by atoms with Crippen molar-refractivity contribution >= 4 is 22.4 Å². The van der Waals surface area contributed by atoms with Gasteiger partial charge < -0.3 is 10.2 Å². The number of anilines is 1. The smallest absolute Gasteiger partial charge is 0.145 e. The first kappa shape index (κ1) is 21.0. The van der Waals surface area contributed by atoms with Gasteiger partial charge in [0.1, 0.15) is 11.6 Å². The summed E-state index contributed by atoms with van der Waals surface area (Å²) in [5, 5.41) is 5.71. The number of nitrogens with zero attached hydrogens (tertiary/aromatic N) is 4. The average Bonchev–Trinajstić information content (AvgIpc) is 3.36. The number of pyridine rings is 1. The Bertz CT molecular complexity index is 1100. The van der Waals surface area contributed by atoms with Crippen LogP contribution < -0.4 is 5.32 Å². The van der Waals surface area contributed by atoms with Crippen molar-refractivity contribution in [3.8, 4) is 11.3 Å². The van der Waals surface area contributed by atoms with Gasteiger partial charge in [-0.05, 0) is 63.3 Å². The van der Waals surface area contributed by atoms with Crippen molar-refractivity contribution < 1.29 is 4.79 Å². The van der Waals surface area contributed by atoms with Gasteiger partial charge in [0.15, 0.2) is 0 Å². The fraction of sp³-hybridized carbons (Fsp3) is 0.462. The Kier molecular flexibility index (Phi) is 6.12. The zero-order chi connectivity index (χ0) is 21.9. The molecule has 1 aromatic carbocycles. The molecular weight excluding hydrogens is 398 g/mol. The van der Waals surface area contributed by atoms with E-state index in [2.05, 4.69) is 51.5 Å². The lowest BCUT2D eigenvalue weighted by atomic mass is 9.98. The highest BCUT2D eigenvalue weighted by Crippen LogP contribution is 2.28. The second kappa shape index (κ2) is 9.33. The van der Waals surface area contributed by atoms with Crippen molar-refractivity contribution in [2.45, 2.75) is 51.0 Å². The van der Waals surface area contributed by atoms with Gasteiger partial charge in [0.25, 0.3) is 0 Å². The summed E-state index contributed by atoms with van der Waals surface area (Å²) < 4.78 is 0. The summed E-state index contributed by atoms with van der Waals surface area (Å²) in [6.45, 7) is 2.21. The first-order valence-electron chi connectivity index (χ1n) is 11.8. The maximum Gasteiger partial charge on any atom is 0.145 e. The Balaban J connectivity index is 1.34. The van der Waals surface area contributed by atoms with Crippen LogP contribution in [0.25, 0.3) is 22.0 Å². The Hall–Kier alpha value is -2.86. The van der Waals surface area contributed by atoms with Crippen LogP contribution >= 0.6 is 0 Å². The van der Waals surface area contributed by atoms with Crippen molar-refractivity contribution in [3.63, 3.8) is 0 Å². The number of likely N-dealkylation sites (tertiary alicyclic amines) is 1. The van der Waals surface area contributed by atoms with Crippen molar-refractivity contribution in [1.82, 2.24) is 19.9 Å². The molecule has 1 saturated carbocycles. The number of aromatic nitrogens is 3. The number of benzene rings is 1. The number of hydrogen-bond donors (Lipinski definition) is 1. The molecule has 0 amide bonds. The van der Waals surface area contributed by atoms with Gasteiger partial charge in [-0.15, -0.1) is 0 Å². The topological polar surface area (TPSA) is 71.0 Å². The normalized spacial score (nSPS) is 18.3. The molecule has 0 bridgehead atoms. The minimum absolute atomic E-state index is 0.230. The number of carbonyl (C=O) groups is 1. The Morgan fingerprint density at radius 3 is 2.66 bits per heavy atom. The van der Waals surface area contributed by atoms with E-state index in [0.29, 0.717) is 18.2 Å². The molecule has 2 aromatic heterocycles. The highest BCUT2D eigenvalue weighted by Gasteiger charge is 2.23. The second-order valence-electron chi connectivity index (χ2n) is 9.37. The molecule has 5 rings (SSSR count). The quantitative estimate of drug-likeness (QED) is 0.622. The van der Waals surface area contributed by atoms with Crippen LogP contribution in [0.4, 0.5) is 5.82 Å². The largest absolute Gasteiger partial charge is 0.366 e. The van der Waals surface area contributed by atoms with E-state index in [9.17, 15) is 4.79 Å². The number of Topliss-reactive ketones (excluding diaryl/α,β-unsaturated/α-hetero) is 1. The van der Waals surface area contributed by atoms with Crippen LogP contribution in [0.1, 0.15) is 44.2 Å². The van der Waals surface area contributed by atoms with Gasteiger partial charge >= 0.3 is 0 Å². The zero-order valence-corrected chi connectivity index (χ0v) is 18.8. The van der Waals surface area contributed by atoms with Crippen molar-refractivity contribution in [2.75, 3.05) is 25.5 Å². The predicted molar refractivity (Wildman–Crippen MR) is 128 cm³/mol. The third-order valence-corrected chi connectivity index (χ3v) is 6.95. The number of fused-ring (bicyclic) bond motifs is 1. The standard InChI is InChI=1S/C26H31N5O/c1-31-10-8-22(9-11-31)29-26-17-27-16-24(30-26)19-6-7-20-15-28-23(13-21(20)12-19)14-25(32)18-4-2-3-5-18/h6-7,12-13,15-18,22H,2-5,8-11,14H2,1H3,(H,29,30). The number of nitrogens with one attached hydrogen (secondary N) is 1. The molecule has 2 fully saturated rings. The maximum atomic E-state index is 12.6. The molecule has 1 saturated heterocycles. The average molecular weight is 430 g/mol. The minimum Gasteiger partial charge on any atom is -0.366 e. The van der Waals surface area contributed by atoms with E-state index in [-0.39, 0.29) is 5.92 Å². The van der Waals surface area contributed by atoms with Crippen molar-refractivity contribution in [1.29, 1.82) is 0 Å². The van der Waals surface area contributed by atoms with Gasteiger partial charge in [-0.25, -0.2) is 4.98 Å². The summed E-state index contributed by atoms with van der Waals surface area (Å²) in [6.07, 6.45) is 12.6. The molecule has 32 heavy (non-hydrogen) atoms. The predicted octanol–water partition coefficient (Wildman–Crippen LogP) is 4.50. The first-order chi connectivity index (χ1) is 15.6. The monoisotopic (exact) mass is 429 g/mol. The van der Waals surface area contributed by atoms with Crippen LogP contribution in [-0.4, -0.2) is 51.8 Å². The van der Waals surface area contributed by atoms with Crippen molar-refractivity contribution in [3.05, 3.63) is 48.5 Å². The number of rotatable bonds is 6. The molecule has 6 nitrogen and oxygen atoms in total. The summed E-state index contributed by atoms with van der Waals surface area (Å²) in [6, 6.07) is 8.76. The van der Waals surface area contributed by atoms with Gasteiger partial charge in [0, 0.05) is 41.2 Å². The number of hydrogen-bond acceptors (Lipinski definition) is 6. The molecule has 1 N–H and O–H groups in total. The van der Waals surface area contributed by atoms with Crippen LogP contribution in [-0.2, 0) is 11.2 Å². The molecule has 0 unspecified atom stereocenters. The lowest BCUT2D eigenvalue weighted by molar-refractivity contribution is -0.122. The fourth-order valence-electron chi connectivity index (χ4n) is 4.95. The number of carbonyl (C=O) groups excluding carboxylic acids is 1. The van der Waals surface area contributed by atoms with Crippen LogP contribution in [0.5, 0.6) is 0 Å². The SMILES string of the molecule is CN1CCC(Nc2cncc(-c3ccc4cnc(CC(=O)C5CCCC5)cc4c3)n2)CC1. The van der Waals surface area contributed by atoms with E-state index in [1.54, 1.807) is 6.20 Å². The zero-order valence-electron chi connectivity index (χ0n) is 18.8. The van der Waals surface area contributed by atoms with E-state index in [4.69, 9.17) is 4.98 Å². The fourth-order valence-corrected chi connectivity index (χ4v) is 4.95. The Morgan fingerprint density at radius 1 is 1.03 bits per heavy atom. The summed E-state index contributed by atoms with van der Waals surface area (Å²) in [5.74, 6) is 1.40. The van der Waals surface area contributed by atoms with Crippen LogP contribution in [0.15, 0.2) is 42.9 Å². The Labute approximate surface area is 189 Å². The lowest BCUT2D eigenvalue weighted by Gasteiger charge is -2.29. The lowest BCUT2D eigenvalue weighted by Crippen LogP contribution is -2.36. The van der Waals surface area contributed by atoms with Gasteiger partial charge in [0.05, 0.1) is 18.1 Å². The molecule has 1 aliphatic carbocycles. The molecule has 166 valence electrons. The second-order valence-corrected chi connectivity index (χ2v) is 9.37. The van der Waals surface area contributed by atoms with Gasteiger partial charge in [0.2, 0.25) is 0 Å². The molecule has 1 aliphatic heterocycles. The molecule has 6 heteroatoms. The third-order valence-electron chi connectivity index (χ3n) is 6.95. The van der Waals surface area contributed by atoms with Gasteiger partial charge in [-0.3, -0.25) is 14.8 Å². The maximum absolute atomic E-state index is 12.6. The van der Waals surface area contributed by atoms with E-state index in [1.807, 2.05) is 12.4 Å². The molecule has 3 heterocycles. The summed E-state index contributed by atoms with van der Waals surface area (Å²) in [7, 11) is 2.17. The van der Waals surface area contributed by atoms with E-state index in [0.717, 1.165) is 72.3 Å². The third kappa shape index (κ3) is 4.80. The highest BCUT2D eigenvalue weighted by atomic mass is 16.1. The van der Waals surface area contributed by atoms with E-state index < -0.39 is 0 Å². The Morgan fingerprint density at radius 2 is 1.84 bits per heavy atom. The molecule has 0 atom stereocenters. The number of piperidine rings is 1.